The Balaban J connectivity index is 2.15. The van der Waals surface area contributed by atoms with E-state index in [0.717, 1.165) is 4.47 Å². The number of aromatic nitrogens is 1. The summed E-state index contributed by atoms with van der Waals surface area (Å²) < 4.78 is 6.34. The first kappa shape index (κ1) is 13.4. The van der Waals surface area contributed by atoms with Gasteiger partial charge in [-0.25, -0.2) is 4.79 Å². The molecule has 1 aromatic carbocycles. The van der Waals surface area contributed by atoms with Crippen LogP contribution in [0.2, 0.25) is 0 Å². The van der Waals surface area contributed by atoms with E-state index in [9.17, 15) is 4.79 Å². The molecule has 98 valence electrons. The van der Waals surface area contributed by atoms with Gasteiger partial charge in [0, 0.05) is 16.4 Å². The van der Waals surface area contributed by atoms with Crippen molar-refractivity contribution in [3.8, 4) is 5.75 Å². The number of nitrogens with zero attached hydrogens (tertiary/aromatic N) is 1. The lowest BCUT2D eigenvalue weighted by Crippen LogP contribution is -2.05. The average Bonchev–Trinajstić information content (AvgIpc) is 2.39. The monoisotopic (exact) mass is 322 g/mol. The van der Waals surface area contributed by atoms with E-state index in [0.29, 0.717) is 11.4 Å². The van der Waals surface area contributed by atoms with Crippen molar-refractivity contribution in [1.82, 2.24) is 4.98 Å². The molecule has 0 unspecified atom stereocenters. The lowest BCUT2D eigenvalue weighted by molar-refractivity contribution is 0.0691. The first-order valence-corrected chi connectivity index (χ1v) is 6.21. The molecule has 19 heavy (non-hydrogen) atoms. The molecule has 0 bridgehead atoms. The number of carbonyl (C=O) groups is 1. The summed E-state index contributed by atoms with van der Waals surface area (Å²) in [5.41, 5.74) is 6.68. The van der Waals surface area contributed by atoms with Crippen LogP contribution in [-0.2, 0) is 6.61 Å². The number of nitrogen functional groups attached to an aromatic ring is 1. The highest BCUT2D eigenvalue weighted by Gasteiger charge is 2.12. The van der Waals surface area contributed by atoms with Crippen LogP contribution < -0.4 is 10.5 Å². The highest BCUT2D eigenvalue weighted by Crippen LogP contribution is 2.22. The molecular weight excluding hydrogens is 312 g/mol. The van der Waals surface area contributed by atoms with Gasteiger partial charge in [-0.1, -0.05) is 0 Å². The third kappa shape index (κ3) is 3.45. The number of carboxylic acid groups (broad SMARTS) is 1. The largest absolute Gasteiger partial charge is 0.486 e. The van der Waals surface area contributed by atoms with Gasteiger partial charge < -0.3 is 15.6 Å². The van der Waals surface area contributed by atoms with Gasteiger partial charge in [0.2, 0.25) is 0 Å². The molecule has 2 rings (SSSR count). The van der Waals surface area contributed by atoms with Crippen LogP contribution in [0.3, 0.4) is 0 Å². The van der Waals surface area contributed by atoms with Crippen molar-refractivity contribution in [2.75, 3.05) is 5.73 Å². The Morgan fingerprint density at radius 3 is 2.79 bits per heavy atom. The van der Waals surface area contributed by atoms with Crippen LogP contribution in [0.15, 0.2) is 41.0 Å². The van der Waals surface area contributed by atoms with Crippen molar-refractivity contribution in [1.29, 1.82) is 0 Å². The van der Waals surface area contributed by atoms with Gasteiger partial charge in [0.15, 0.2) is 0 Å². The molecule has 0 atom stereocenters. The summed E-state index contributed by atoms with van der Waals surface area (Å²) >= 11 is 3.29. The van der Waals surface area contributed by atoms with Crippen LogP contribution in [0.1, 0.15) is 16.1 Å². The average molecular weight is 323 g/mol. The van der Waals surface area contributed by atoms with Gasteiger partial charge >= 0.3 is 5.97 Å². The van der Waals surface area contributed by atoms with Crippen molar-refractivity contribution < 1.29 is 14.6 Å². The summed E-state index contributed by atoms with van der Waals surface area (Å²) in [6, 6.07) is 8.13. The summed E-state index contributed by atoms with van der Waals surface area (Å²) in [7, 11) is 0. The number of hydrogen-bond acceptors (Lipinski definition) is 4. The number of halogens is 1. The van der Waals surface area contributed by atoms with Gasteiger partial charge in [0.25, 0.3) is 0 Å². The van der Waals surface area contributed by atoms with E-state index in [1.54, 1.807) is 18.3 Å². The fourth-order valence-electron chi connectivity index (χ4n) is 1.48. The lowest BCUT2D eigenvalue weighted by Gasteiger charge is -2.09. The van der Waals surface area contributed by atoms with Gasteiger partial charge in [0.1, 0.15) is 17.9 Å². The van der Waals surface area contributed by atoms with E-state index in [4.69, 9.17) is 15.6 Å². The summed E-state index contributed by atoms with van der Waals surface area (Å²) in [6.07, 6.45) is 1.65. The first-order valence-electron chi connectivity index (χ1n) is 5.42. The maximum absolute atomic E-state index is 11.1. The van der Waals surface area contributed by atoms with E-state index in [1.807, 2.05) is 6.07 Å². The predicted octanol–water partition coefficient (Wildman–Crippen LogP) is 2.70. The zero-order valence-electron chi connectivity index (χ0n) is 9.84. The van der Waals surface area contributed by atoms with E-state index >= 15 is 0 Å². The molecule has 0 fully saturated rings. The van der Waals surface area contributed by atoms with Crippen LogP contribution in [0, 0.1) is 0 Å². The Morgan fingerprint density at radius 2 is 2.16 bits per heavy atom. The standard InChI is InChI=1S/C13H11BrN2O3/c14-8-1-3-10(16-6-8)7-19-12-4-2-9(15)5-11(12)13(17)18/h1-6H,7,15H2,(H,17,18). The van der Waals surface area contributed by atoms with Crippen molar-refractivity contribution >= 4 is 27.6 Å². The van der Waals surface area contributed by atoms with E-state index in [2.05, 4.69) is 20.9 Å². The third-order valence-corrected chi connectivity index (χ3v) is 2.87. The zero-order chi connectivity index (χ0) is 13.8. The lowest BCUT2D eigenvalue weighted by atomic mass is 10.2. The molecule has 0 aliphatic heterocycles. The molecule has 0 saturated carbocycles. The smallest absolute Gasteiger partial charge is 0.339 e. The molecule has 5 nitrogen and oxygen atoms in total. The molecule has 1 heterocycles. The number of anilines is 1. The van der Waals surface area contributed by atoms with Crippen LogP contribution in [0.25, 0.3) is 0 Å². The molecule has 2 aromatic rings. The van der Waals surface area contributed by atoms with Crippen molar-refractivity contribution in [2.24, 2.45) is 0 Å². The van der Waals surface area contributed by atoms with Gasteiger partial charge in [-0.2, -0.15) is 0 Å². The van der Waals surface area contributed by atoms with Crippen LogP contribution in [-0.4, -0.2) is 16.1 Å². The normalized spacial score (nSPS) is 10.2. The number of carboxylic acids is 1. The minimum absolute atomic E-state index is 0.0390. The molecule has 3 N–H and O–H groups in total. The Hall–Kier alpha value is -2.08. The van der Waals surface area contributed by atoms with Crippen LogP contribution in [0.4, 0.5) is 5.69 Å². The summed E-state index contributed by atoms with van der Waals surface area (Å²) in [4.78, 5) is 15.2. The first-order chi connectivity index (χ1) is 9.06. The number of aromatic carboxylic acids is 1. The van der Waals surface area contributed by atoms with Gasteiger partial charge in [-0.05, 0) is 46.3 Å². The maximum atomic E-state index is 11.1. The Morgan fingerprint density at radius 1 is 1.37 bits per heavy atom. The molecule has 6 heteroatoms. The molecule has 0 aliphatic rings. The van der Waals surface area contributed by atoms with Gasteiger partial charge in [-0.3, -0.25) is 4.98 Å². The fraction of sp³-hybridized carbons (Fsp3) is 0.0769. The molecule has 1 aromatic heterocycles. The summed E-state index contributed by atoms with van der Waals surface area (Å²) in [5.74, 6) is -0.808. The number of hydrogen-bond donors (Lipinski definition) is 2. The number of pyridine rings is 1. The van der Waals surface area contributed by atoms with Crippen LogP contribution >= 0.6 is 15.9 Å². The highest BCUT2D eigenvalue weighted by atomic mass is 79.9. The van der Waals surface area contributed by atoms with Gasteiger partial charge in [-0.15, -0.1) is 0 Å². The fourth-order valence-corrected chi connectivity index (χ4v) is 1.72. The van der Waals surface area contributed by atoms with Crippen LogP contribution in [0.5, 0.6) is 5.75 Å². The third-order valence-electron chi connectivity index (χ3n) is 2.40. The number of benzene rings is 1. The van der Waals surface area contributed by atoms with Gasteiger partial charge in [0.05, 0.1) is 5.69 Å². The minimum atomic E-state index is -1.08. The summed E-state index contributed by atoms with van der Waals surface area (Å²) in [6.45, 7) is 0.192. The minimum Gasteiger partial charge on any atom is -0.486 e. The number of ether oxygens (including phenoxy) is 1. The number of nitrogens with two attached hydrogens (primary N) is 1. The van der Waals surface area contributed by atoms with Crippen molar-refractivity contribution in [3.63, 3.8) is 0 Å². The van der Waals surface area contributed by atoms with E-state index in [-0.39, 0.29) is 17.9 Å². The Labute approximate surface area is 118 Å². The predicted molar refractivity (Wildman–Crippen MR) is 74.1 cm³/mol. The van der Waals surface area contributed by atoms with Crippen molar-refractivity contribution in [3.05, 3.63) is 52.3 Å². The second-order valence-corrected chi connectivity index (χ2v) is 4.73. The topological polar surface area (TPSA) is 85.4 Å². The Bertz CT molecular complexity index is 599. The number of rotatable bonds is 4. The molecule has 0 radical (unpaired) electrons. The second-order valence-electron chi connectivity index (χ2n) is 3.82. The maximum Gasteiger partial charge on any atom is 0.339 e. The summed E-state index contributed by atoms with van der Waals surface area (Å²) in [5, 5.41) is 9.07. The SMILES string of the molecule is Nc1ccc(OCc2ccc(Br)cn2)c(C(=O)O)c1. The van der Waals surface area contributed by atoms with Crippen molar-refractivity contribution in [2.45, 2.75) is 6.61 Å². The Kier molecular flexibility index (Phi) is 4.01. The van der Waals surface area contributed by atoms with E-state index < -0.39 is 5.97 Å². The molecule has 0 amide bonds. The zero-order valence-corrected chi connectivity index (χ0v) is 11.4. The molecule has 0 saturated heterocycles. The second kappa shape index (κ2) is 5.71. The molecule has 0 aliphatic carbocycles. The van der Waals surface area contributed by atoms with E-state index in [1.165, 1.54) is 12.1 Å². The quantitative estimate of drug-likeness (QED) is 0.845. The molecule has 0 spiro atoms. The molecular formula is C13H11BrN2O3. The highest BCUT2D eigenvalue weighted by molar-refractivity contribution is 9.10.